The number of hydrazone groups is 1. The van der Waals surface area contributed by atoms with Gasteiger partial charge in [-0.25, -0.2) is 4.79 Å². The third-order valence-corrected chi connectivity index (χ3v) is 4.57. The highest BCUT2D eigenvalue weighted by Crippen LogP contribution is 2.21. The summed E-state index contributed by atoms with van der Waals surface area (Å²) in [5, 5.41) is 18.8. The van der Waals surface area contributed by atoms with E-state index in [0.29, 0.717) is 18.3 Å². The number of rotatable bonds is 13. The highest BCUT2D eigenvalue weighted by Gasteiger charge is 2.22. The van der Waals surface area contributed by atoms with Crippen molar-refractivity contribution in [1.82, 2.24) is 10.3 Å². The van der Waals surface area contributed by atoms with E-state index in [0.717, 1.165) is 31.3 Å². The van der Waals surface area contributed by atoms with Crippen molar-refractivity contribution in [3.8, 4) is 0 Å². The van der Waals surface area contributed by atoms with Crippen LogP contribution in [-0.2, 0) is 4.79 Å². The molecule has 0 fully saturated rings. The van der Waals surface area contributed by atoms with Crippen LogP contribution in [0.2, 0.25) is 0 Å². The second-order valence-electron chi connectivity index (χ2n) is 6.63. The Morgan fingerprint density at radius 2 is 2.00 bits per heavy atom. The molecule has 0 aromatic heterocycles. The number of carbonyl (C=O) groups is 1. The molecule has 0 aromatic carbocycles. The predicted molar refractivity (Wildman–Crippen MR) is 111 cm³/mol. The minimum Gasteiger partial charge on any atom is -0.478 e. The van der Waals surface area contributed by atoms with E-state index < -0.39 is 5.97 Å². The van der Waals surface area contributed by atoms with Crippen LogP contribution < -0.4 is 5.32 Å². The molecule has 0 aliphatic carbocycles. The van der Waals surface area contributed by atoms with Gasteiger partial charge in [0.15, 0.2) is 0 Å². The van der Waals surface area contributed by atoms with Gasteiger partial charge in [-0.2, -0.15) is 5.10 Å². The second kappa shape index (κ2) is 13.2. The maximum atomic E-state index is 11.6. The molecule has 0 amide bonds. The molecule has 0 radical (unpaired) electrons. The normalized spacial score (nSPS) is 15.4. The van der Waals surface area contributed by atoms with Crippen molar-refractivity contribution in [1.29, 1.82) is 0 Å². The number of nitrogens with one attached hydrogen (secondary N) is 1. The number of carboxylic acid groups (broad SMARTS) is 1. The Bertz CT molecular complexity index is 535. The topological polar surface area (TPSA) is 64.9 Å². The quantitative estimate of drug-likeness (QED) is 0.211. The molecule has 26 heavy (non-hydrogen) atoms. The van der Waals surface area contributed by atoms with Crippen LogP contribution in [0.1, 0.15) is 67.2 Å². The van der Waals surface area contributed by atoms with Crippen LogP contribution in [0.15, 0.2) is 40.3 Å². The van der Waals surface area contributed by atoms with E-state index in [1.54, 1.807) is 11.9 Å². The van der Waals surface area contributed by atoms with Gasteiger partial charge in [0.25, 0.3) is 0 Å². The molecule has 0 aliphatic heterocycles. The molecule has 2 unspecified atom stereocenters. The first kappa shape index (κ1) is 24.0. The van der Waals surface area contributed by atoms with Gasteiger partial charge in [-0.15, -0.1) is 0 Å². The Kier molecular flexibility index (Phi) is 12.2. The molecular formula is C21H37N3O2. The molecule has 0 aliphatic rings. The van der Waals surface area contributed by atoms with Crippen LogP contribution in [0.5, 0.6) is 0 Å². The second-order valence-corrected chi connectivity index (χ2v) is 6.63. The molecule has 0 saturated heterocycles. The Hall–Kier alpha value is -2.04. The smallest absolute Gasteiger partial charge is 0.335 e. The third kappa shape index (κ3) is 7.89. The minimum atomic E-state index is -0.951. The van der Waals surface area contributed by atoms with Gasteiger partial charge in [0.2, 0.25) is 0 Å². The van der Waals surface area contributed by atoms with Gasteiger partial charge in [0.1, 0.15) is 5.82 Å². The number of nitrogens with zero attached hydrogens (tertiary/aromatic N) is 2. The lowest BCUT2D eigenvalue weighted by Crippen LogP contribution is -2.39. The molecule has 0 rings (SSSR count). The van der Waals surface area contributed by atoms with Gasteiger partial charge in [0.05, 0.1) is 11.6 Å². The van der Waals surface area contributed by atoms with Crippen LogP contribution in [0, 0.1) is 5.92 Å². The van der Waals surface area contributed by atoms with Gasteiger partial charge in [0, 0.05) is 13.3 Å². The first-order chi connectivity index (χ1) is 12.4. The van der Waals surface area contributed by atoms with Crippen LogP contribution in [0.4, 0.5) is 0 Å². The van der Waals surface area contributed by atoms with E-state index in [-0.39, 0.29) is 11.6 Å². The largest absolute Gasteiger partial charge is 0.478 e. The first-order valence-electron chi connectivity index (χ1n) is 9.59. The lowest BCUT2D eigenvalue weighted by Gasteiger charge is -2.30. The van der Waals surface area contributed by atoms with Crippen molar-refractivity contribution in [2.75, 3.05) is 6.54 Å². The molecule has 0 bridgehead atoms. The average molecular weight is 364 g/mol. The Morgan fingerprint density at radius 1 is 1.35 bits per heavy atom. The summed E-state index contributed by atoms with van der Waals surface area (Å²) in [5.41, 5.74) is 1.39. The van der Waals surface area contributed by atoms with Crippen LogP contribution in [0.3, 0.4) is 0 Å². The van der Waals surface area contributed by atoms with E-state index in [2.05, 4.69) is 50.1 Å². The van der Waals surface area contributed by atoms with Crippen LogP contribution >= 0.6 is 0 Å². The van der Waals surface area contributed by atoms with E-state index in [1.807, 2.05) is 19.9 Å². The average Bonchev–Trinajstić information content (AvgIpc) is 2.63. The lowest BCUT2D eigenvalue weighted by molar-refractivity contribution is -0.132. The van der Waals surface area contributed by atoms with E-state index in [9.17, 15) is 9.90 Å². The van der Waals surface area contributed by atoms with E-state index >= 15 is 0 Å². The highest BCUT2D eigenvalue weighted by molar-refractivity contribution is 5.86. The first-order valence-corrected chi connectivity index (χ1v) is 9.59. The zero-order chi connectivity index (χ0) is 20.1. The molecule has 0 saturated carbocycles. The standard InChI is InChI=1S/C21H37N3O2/c1-8-12-14-24(22-7)20(17(6)21(25)26)23-19(15-16(5)10-3)18(11-4)13-9-2/h9,11,13,16,19,23H,7-8,10,12,14-15H2,1-6H3,(H,25,26)/b13-9-,18-11+,20-17+. The Morgan fingerprint density at radius 3 is 2.42 bits per heavy atom. The van der Waals surface area contributed by atoms with Crippen LogP contribution in [-0.4, -0.2) is 35.4 Å². The maximum Gasteiger partial charge on any atom is 0.335 e. The van der Waals surface area contributed by atoms with Gasteiger partial charge in [-0.05, 0) is 45.1 Å². The molecule has 0 spiro atoms. The summed E-state index contributed by atoms with van der Waals surface area (Å²) in [4.78, 5) is 11.6. The fourth-order valence-electron chi connectivity index (χ4n) is 2.66. The summed E-state index contributed by atoms with van der Waals surface area (Å²) < 4.78 is 0. The molecule has 5 nitrogen and oxygen atoms in total. The summed E-state index contributed by atoms with van der Waals surface area (Å²) in [6.07, 6.45) is 10.1. The summed E-state index contributed by atoms with van der Waals surface area (Å²) >= 11 is 0. The third-order valence-electron chi connectivity index (χ3n) is 4.57. The van der Waals surface area contributed by atoms with Crippen molar-refractivity contribution in [2.24, 2.45) is 11.0 Å². The van der Waals surface area contributed by atoms with Crippen LogP contribution in [0.25, 0.3) is 0 Å². The maximum absolute atomic E-state index is 11.6. The zero-order valence-corrected chi connectivity index (χ0v) is 17.4. The number of aliphatic carboxylic acids is 1. The summed E-state index contributed by atoms with van der Waals surface area (Å²) in [7, 11) is 0. The van der Waals surface area contributed by atoms with Crippen molar-refractivity contribution >= 4 is 12.7 Å². The van der Waals surface area contributed by atoms with E-state index in [1.165, 1.54) is 0 Å². The summed E-state index contributed by atoms with van der Waals surface area (Å²) in [5.74, 6) is 0.0889. The number of allylic oxidation sites excluding steroid dienone is 2. The van der Waals surface area contributed by atoms with Crippen molar-refractivity contribution in [2.45, 2.75) is 73.3 Å². The van der Waals surface area contributed by atoms with Gasteiger partial charge >= 0.3 is 5.97 Å². The highest BCUT2D eigenvalue weighted by atomic mass is 16.4. The molecular weight excluding hydrogens is 326 g/mol. The summed E-state index contributed by atoms with van der Waals surface area (Å²) in [6.45, 7) is 16.4. The summed E-state index contributed by atoms with van der Waals surface area (Å²) in [6, 6.07) is 0.0151. The number of hydrogen-bond acceptors (Lipinski definition) is 4. The fraction of sp³-hybridized carbons (Fsp3) is 0.619. The zero-order valence-electron chi connectivity index (χ0n) is 17.4. The molecule has 2 atom stereocenters. The Labute approximate surface area is 159 Å². The predicted octanol–water partition coefficient (Wildman–Crippen LogP) is 4.94. The molecule has 2 N–H and O–H groups in total. The van der Waals surface area contributed by atoms with Crippen molar-refractivity contribution in [3.05, 3.63) is 35.2 Å². The number of unbranched alkanes of at least 4 members (excludes halogenated alkanes) is 1. The molecule has 5 heteroatoms. The fourth-order valence-corrected chi connectivity index (χ4v) is 2.66. The number of hydrogen-bond donors (Lipinski definition) is 2. The van der Waals surface area contributed by atoms with Gasteiger partial charge in [-0.1, -0.05) is 51.8 Å². The Balaban J connectivity index is 5.91. The van der Waals surface area contributed by atoms with Gasteiger partial charge in [-0.3, -0.25) is 5.01 Å². The monoisotopic (exact) mass is 363 g/mol. The van der Waals surface area contributed by atoms with Crippen molar-refractivity contribution in [3.63, 3.8) is 0 Å². The SMILES string of the molecule is C=NN(CCCC)/C(NC(CC(C)CC)C(/C=C\C)=C/C)=C(\C)C(=O)O. The minimum absolute atomic E-state index is 0.0151. The number of carboxylic acids is 1. The molecule has 148 valence electrons. The van der Waals surface area contributed by atoms with Crippen molar-refractivity contribution < 1.29 is 9.90 Å². The lowest BCUT2D eigenvalue weighted by atomic mass is 9.93. The van der Waals surface area contributed by atoms with Gasteiger partial charge < -0.3 is 10.4 Å². The van der Waals surface area contributed by atoms with E-state index in [4.69, 9.17) is 0 Å². The molecule has 0 heterocycles. The molecule has 0 aromatic rings.